The Labute approximate surface area is 120 Å². The average molecular weight is 270 g/mol. The minimum Gasteiger partial charge on any atom is -0.354 e. The summed E-state index contributed by atoms with van der Waals surface area (Å²) in [4.78, 5) is 2.28. The summed E-state index contributed by atoms with van der Waals surface area (Å²) in [5.41, 5.74) is 10.9. The number of hydrogen-bond acceptors (Lipinski definition) is 3. The standard InChI is InChI=1S/C16H22N4/c1-11-5-6-12(2)14(8-11)15-9-16(19-18-15)20-7-3-4-13(17)10-20/h5-6,8-9,13H,3-4,7,10,17H2,1-2H3,(H,18,19). The first-order valence-electron chi connectivity index (χ1n) is 7.27. The van der Waals surface area contributed by atoms with E-state index >= 15 is 0 Å². The molecule has 0 amide bonds. The van der Waals surface area contributed by atoms with E-state index in [1.807, 2.05) is 0 Å². The topological polar surface area (TPSA) is 57.9 Å². The average Bonchev–Trinajstić information content (AvgIpc) is 2.91. The Morgan fingerprint density at radius 2 is 2.15 bits per heavy atom. The molecule has 0 spiro atoms. The third-order valence-electron chi connectivity index (χ3n) is 4.03. The highest BCUT2D eigenvalue weighted by atomic mass is 15.3. The summed E-state index contributed by atoms with van der Waals surface area (Å²) in [7, 11) is 0. The predicted octanol–water partition coefficient (Wildman–Crippen LogP) is 2.62. The Balaban J connectivity index is 1.88. The molecule has 0 bridgehead atoms. The molecule has 3 rings (SSSR count). The van der Waals surface area contributed by atoms with Gasteiger partial charge in [-0.1, -0.05) is 17.7 Å². The number of H-pyrrole nitrogens is 1. The molecule has 1 aliphatic heterocycles. The van der Waals surface area contributed by atoms with Crippen LogP contribution in [0.5, 0.6) is 0 Å². The Bertz CT molecular complexity index is 602. The van der Waals surface area contributed by atoms with Crippen molar-refractivity contribution in [1.29, 1.82) is 0 Å². The van der Waals surface area contributed by atoms with Crippen LogP contribution in [0.15, 0.2) is 24.3 Å². The minimum absolute atomic E-state index is 0.268. The maximum atomic E-state index is 6.04. The van der Waals surface area contributed by atoms with Gasteiger partial charge in [-0.2, -0.15) is 5.10 Å². The summed E-state index contributed by atoms with van der Waals surface area (Å²) in [6.07, 6.45) is 2.26. The number of aromatic amines is 1. The van der Waals surface area contributed by atoms with Crippen LogP contribution in [0, 0.1) is 13.8 Å². The molecule has 1 aliphatic rings. The second-order valence-electron chi connectivity index (χ2n) is 5.81. The molecule has 2 heterocycles. The van der Waals surface area contributed by atoms with Gasteiger partial charge in [0.2, 0.25) is 0 Å². The number of rotatable bonds is 2. The molecular weight excluding hydrogens is 248 g/mol. The lowest BCUT2D eigenvalue weighted by Crippen LogP contribution is -2.43. The van der Waals surface area contributed by atoms with E-state index in [0.29, 0.717) is 0 Å². The molecule has 1 atom stereocenters. The minimum atomic E-state index is 0.268. The highest BCUT2D eigenvalue weighted by Gasteiger charge is 2.19. The molecule has 3 N–H and O–H groups in total. The lowest BCUT2D eigenvalue weighted by molar-refractivity contribution is 0.503. The second kappa shape index (κ2) is 5.29. The SMILES string of the molecule is Cc1ccc(C)c(-c2cc(N3CCCC(N)C3)n[nH]2)c1. The van der Waals surface area contributed by atoms with Crippen LogP contribution in [0.1, 0.15) is 24.0 Å². The normalized spacial score (nSPS) is 19.4. The molecule has 1 aromatic carbocycles. The van der Waals surface area contributed by atoms with Gasteiger partial charge in [-0.25, -0.2) is 0 Å². The Hall–Kier alpha value is -1.81. The molecule has 1 unspecified atom stereocenters. The summed E-state index contributed by atoms with van der Waals surface area (Å²) < 4.78 is 0. The van der Waals surface area contributed by atoms with Gasteiger partial charge in [0.25, 0.3) is 0 Å². The molecule has 1 aromatic heterocycles. The summed E-state index contributed by atoms with van der Waals surface area (Å²) in [6.45, 7) is 6.19. The van der Waals surface area contributed by atoms with Gasteiger partial charge in [0.1, 0.15) is 0 Å². The van der Waals surface area contributed by atoms with Crippen molar-refractivity contribution in [3.63, 3.8) is 0 Å². The quantitative estimate of drug-likeness (QED) is 0.882. The van der Waals surface area contributed by atoms with Crippen molar-refractivity contribution in [1.82, 2.24) is 10.2 Å². The molecular formula is C16H22N4. The van der Waals surface area contributed by atoms with Crippen LogP contribution >= 0.6 is 0 Å². The van der Waals surface area contributed by atoms with Crippen LogP contribution in [0.4, 0.5) is 5.82 Å². The van der Waals surface area contributed by atoms with E-state index < -0.39 is 0 Å². The van der Waals surface area contributed by atoms with Crippen molar-refractivity contribution in [2.45, 2.75) is 32.7 Å². The smallest absolute Gasteiger partial charge is 0.151 e. The van der Waals surface area contributed by atoms with E-state index in [4.69, 9.17) is 5.73 Å². The van der Waals surface area contributed by atoms with E-state index in [1.165, 1.54) is 16.7 Å². The summed E-state index contributed by atoms with van der Waals surface area (Å²) in [5, 5.41) is 7.64. The van der Waals surface area contributed by atoms with Crippen molar-refractivity contribution >= 4 is 5.82 Å². The number of anilines is 1. The Kier molecular flexibility index (Phi) is 3.49. The predicted molar refractivity (Wildman–Crippen MR) is 82.9 cm³/mol. The maximum Gasteiger partial charge on any atom is 0.151 e. The molecule has 0 saturated carbocycles. The monoisotopic (exact) mass is 270 g/mol. The number of nitrogens with one attached hydrogen (secondary N) is 1. The zero-order chi connectivity index (χ0) is 14.1. The lowest BCUT2D eigenvalue weighted by Gasteiger charge is -2.30. The zero-order valence-electron chi connectivity index (χ0n) is 12.2. The first-order valence-corrected chi connectivity index (χ1v) is 7.27. The van der Waals surface area contributed by atoms with Gasteiger partial charge in [-0.05, 0) is 38.3 Å². The molecule has 20 heavy (non-hydrogen) atoms. The van der Waals surface area contributed by atoms with Crippen molar-refractivity contribution < 1.29 is 0 Å². The van der Waals surface area contributed by atoms with Crippen LogP contribution < -0.4 is 10.6 Å². The number of aryl methyl sites for hydroxylation is 2. The number of nitrogens with zero attached hydrogens (tertiary/aromatic N) is 2. The van der Waals surface area contributed by atoms with Gasteiger partial charge in [0.15, 0.2) is 5.82 Å². The van der Waals surface area contributed by atoms with Crippen LogP contribution in [0.3, 0.4) is 0 Å². The van der Waals surface area contributed by atoms with Gasteiger partial charge >= 0.3 is 0 Å². The maximum absolute atomic E-state index is 6.04. The molecule has 4 heteroatoms. The number of benzene rings is 1. The Morgan fingerprint density at radius 1 is 1.30 bits per heavy atom. The summed E-state index contributed by atoms with van der Waals surface area (Å²) in [5.74, 6) is 1.01. The van der Waals surface area contributed by atoms with Crippen molar-refractivity contribution in [2.75, 3.05) is 18.0 Å². The van der Waals surface area contributed by atoms with Gasteiger partial charge in [-0.15, -0.1) is 0 Å². The number of piperidine rings is 1. The third kappa shape index (κ3) is 2.56. The van der Waals surface area contributed by atoms with E-state index in [1.54, 1.807) is 0 Å². The molecule has 1 saturated heterocycles. The second-order valence-corrected chi connectivity index (χ2v) is 5.81. The fourth-order valence-electron chi connectivity index (χ4n) is 2.86. The van der Waals surface area contributed by atoms with E-state index in [0.717, 1.165) is 37.4 Å². The molecule has 106 valence electrons. The summed E-state index contributed by atoms with van der Waals surface area (Å²) in [6, 6.07) is 8.90. The number of aromatic nitrogens is 2. The summed E-state index contributed by atoms with van der Waals surface area (Å²) >= 11 is 0. The highest BCUT2D eigenvalue weighted by Crippen LogP contribution is 2.27. The van der Waals surface area contributed by atoms with Crippen molar-refractivity contribution in [3.8, 4) is 11.3 Å². The lowest BCUT2D eigenvalue weighted by atomic mass is 10.0. The fourth-order valence-corrected chi connectivity index (χ4v) is 2.86. The molecule has 0 radical (unpaired) electrons. The fraction of sp³-hybridized carbons (Fsp3) is 0.438. The van der Waals surface area contributed by atoms with Crippen LogP contribution in [0.25, 0.3) is 11.3 Å². The first kappa shape index (κ1) is 13.2. The zero-order valence-corrected chi connectivity index (χ0v) is 12.2. The van der Waals surface area contributed by atoms with E-state index in [2.05, 4.69) is 53.2 Å². The van der Waals surface area contributed by atoms with Crippen LogP contribution in [-0.2, 0) is 0 Å². The highest BCUT2D eigenvalue weighted by molar-refractivity contribution is 5.67. The van der Waals surface area contributed by atoms with E-state index in [-0.39, 0.29) is 6.04 Å². The van der Waals surface area contributed by atoms with Crippen molar-refractivity contribution in [2.24, 2.45) is 5.73 Å². The largest absolute Gasteiger partial charge is 0.354 e. The third-order valence-corrected chi connectivity index (χ3v) is 4.03. The number of hydrogen-bond donors (Lipinski definition) is 2. The van der Waals surface area contributed by atoms with Gasteiger partial charge < -0.3 is 10.6 Å². The van der Waals surface area contributed by atoms with Gasteiger partial charge in [0, 0.05) is 30.8 Å². The first-order chi connectivity index (χ1) is 9.63. The van der Waals surface area contributed by atoms with Crippen LogP contribution in [0.2, 0.25) is 0 Å². The molecule has 4 nitrogen and oxygen atoms in total. The van der Waals surface area contributed by atoms with Crippen molar-refractivity contribution in [3.05, 3.63) is 35.4 Å². The molecule has 1 fully saturated rings. The van der Waals surface area contributed by atoms with E-state index in [9.17, 15) is 0 Å². The Morgan fingerprint density at radius 3 is 2.95 bits per heavy atom. The molecule has 2 aromatic rings. The molecule has 0 aliphatic carbocycles. The van der Waals surface area contributed by atoms with Gasteiger partial charge in [-0.3, -0.25) is 5.10 Å². The van der Waals surface area contributed by atoms with Crippen LogP contribution in [-0.4, -0.2) is 29.3 Å². The van der Waals surface area contributed by atoms with Gasteiger partial charge in [0.05, 0.1) is 5.69 Å². The number of nitrogens with two attached hydrogens (primary N) is 1.